The van der Waals surface area contributed by atoms with Crippen LogP contribution < -0.4 is 5.32 Å². The van der Waals surface area contributed by atoms with Gasteiger partial charge >= 0.3 is 0 Å². The number of hydrogen-bond acceptors (Lipinski definition) is 4. The van der Waals surface area contributed by atoms with E-state index in [0.717, 1.165) is 0 Å². The van der Waals surface area contributed by atoms with Gasteiger partial charge in [-0.3, -0.25) is 4.79 Å². The minimum absolute atomic E-state index is 0.228. The Balaban J connectivity index is 3.81. The minimum Gasteiger partial charge on any atom is -0.346 e. The molecule has 0 aromatic heterocycles. The molecule has 0 bridgehead atoms. The second-order valence-electron chi connectivity index (χ2n) is 1.88. The highest BCUT2D eigenvalue weighted by Crippen LogP contribution is 1.83. The fraction of sp³-hybridized carbons (Fsp3) is 0.600. The van der Waals surface area contributed by atoms with E-state index >= 15 is 0 Å². The first-order valence-electron chi connectivity index (χ1n) is 3.11. The van der Waals surface area contributed by atoms with Gasteiger partial charge in [-0.05, 0) is 5.53 Å². The average molecular weight is 188 g/mol. The van der Waals surface area contributed by atoms with Crippen molar-refractivity contribution in [3.8, 4) is 0 Å². The molecule has 1 atom stereocenters. The summed E-state index contributed by atoms with van der Waals surface area (Å²) < 4.78 is 0. The van der Waals surface area contributed by atoms with E-state index < -0.39 is 11.9 Å². The zero-order valence-corrected chi connectivity index (χ0v) is 7.07. The monoisotopic (exact) mass is 188 g/mol. The lowest BCUT2D eigenvalue weighted by Gasteiger charge is -2.07. The summed E-state index contributed by atoms with van der Waals surface area (Å²) in [6.45, 7) is -0.297. The summed E-state index contributed by atoms with van der Waals surface area (Å²) in [6, 6.07) is -0.616. The van der Waals surface area contributed by atoms with Crippen LogP contribution in [0.3, 0.4) is 0 Å². The van der Waals surface area contributed by atoms with E-state index in [4.69, 9.17) is 5.53 Å². The fourth-order valence-electron chi connectivity index (χ4n) is 0.471. The summed E-state index contributed by atoms with van der Waals surface area (Å²) in [4.78, 5) is 23.3. The Labute approximate surface area is 74.4 Å². The molecule has 6 nitrogen and oxygen atoms in total. The lowest BCUT2D eigenvalue weighted by Crippen LogP contribution is -2.38. The number of thiol groups is 1. The van der Waals surface area contributed by atoms with Crippen molar-refractivity contribution in [3.05, 3.63) is 10.4 Å². The number of carbonyl (C=O) groups excluding carboxylic acids is 2. The van der Waals surface area contributed by atoms with Gasteiger partial charge in [0.15, 0.2) is 0 Å². The molecule has 0 heterocycles. The quantitative estimate of drug-likeness (QED) is 0.207. The first-order chi connectivity index (χ1) is 5.74. The number of rotatable bonds is 5. The van der Waals surface area contributed by atoms with Crippen LogP contribution in [0.2, 0.25) is 0 Å². The van der Waals surface area contributed by atoms with E-state index in [1.807, 2.05) is 0 Å². The Morgan fingerprint density at radius 2 is 2.50 bits per heavy atom. The van der Waals surface area contributed by atoms with Gasteiger partial charge in [0.05, 0.1) is 6.04 Å². The molecule has 66 valence electrons. The van der Waals surface area contributed by atoms with Crippen molar-refractivity contribution < 1.29 is 9.59 Å². The predicted molar refractivity (Wildman–Crippen MR) is 45.9 cm³/mol. The van der Waals surface area contributed by atoms with Crippen molar-refractivity contribution in [2.45, 2.75) is 6.04 Å². The molecule has 12 heavy (non-hydrogen) atoms. The SMILES string of the molecule is [N-]=[N+]=NCC(=O)NC(C=O)CS. The van der Waals surface area contributed by atoms with Crippen LogP contribution >= 0.6 is 12.6 Å². The molecule has 0 aromatic rings. The van der Waals surface area contributed by atoms with Crippen LogP contribution in [0.1, 0.15) is 0 Å². The first kappa shape index (κ1) is 10.8. The van der Waals surface area contributed by atoms with Crippen molar-refractivity contribution in [2.75, 3.05) is 12.3 Å². The van der Waals surface area contributed by atoms with E-state index in [1.165, 1.54) is 0 Å². The standard InChI is InChI=1S/C5H8N4O2S/c6-9-7-1-5(11)8-4(2-10)3-12/h2,4,12H,1,3H2,(H,8,11). The van der Waals surface area contributed by atoms with Gasteiger partial charge in [-0.2, -0.15) is 12.6 Å². The Morgan fingerprint density at radius 3 is 2.92 bits per heavy atom. The van der Waals surface area contributed by atoms with Gasteiger partial charge in [0.2, 0.25) is 5.91 Å². The Morgan fingerprint density at radius 1 is 1.83 bits per heavy atom. The van der Waals surface area contributed by atoms with Gasteiger partial charge < -0.3 is 10.1 Å². The maximum atomic E-state index is 10.8. The average Bonchev–Trinajstić information content (AvgIpc) is 2.10. The molecule has 0 spiro atoms. The summed E-state index contributed by atoms with van der Waals surface area (Å²) in [7, 11) is 0. The Kier molecular flexibility index (Phi) is 5.86. The van der Waals surface area contributed by atoms with E-state index in [-0.39, 0.29) is 12.3 Å². The molecular weight excluding hydrogens is 180 g/mol. The Bertz CT molecular complexity index is 213. The van der Waals surface area contributed by atoms with Crippen LogP contribution in [0, 0.1) is 0 Å². The summed E-state index contributed by atoms with van der Waals surface area (Å²) >= 11 is 3.81. The maximum Gasteiger partial charge on any atom is 0.226 e. The van der Waals surface area contributed by atoms with E-state index in [9.17, 15) is 9.59 Å². The molecular formula is C5H8N4O2S. The second kappa shape index (κ2) is 6.51. The van der Waals surface area contributed by atoms with Gasteiger partial charge in [-0.1, -0.05) is 5.11 Å². The zero-order chi connectivity index (χ0) is 9.40. The highest BCUT2D eigenvalue weighted by molar-refractivity contribution is 7.80. The van der Waals surface area contributed by atoms with E-state index in [2.05, 4.69) is 28.0 Å². The number of nitrogens with one attached hydrogen (secondary N) is 1. The van der Waals surface area contributed by atoms with E-state index in [1.54, 1.807) is 0 Å². The van der Waals surface area contributed by atoms with Crippen molar-refractivity contribution in [1.82, 2.24) is 5.32 Å². The maximum absolute atomic E-state index is 10.8. The van der Waals surface area contributed by atoms with Crippen LogP contribution in [0.5, 0.6) is 0 Å². The van der Waals surface area contributed by atoms with Crippen molar-refractivity contribution in [3.63, 3.8) is 0 Å². The lowest BCUT2D eigenvalue weighted by atomic mass is 10.4. The highest BCUT2D eigenvalue weighted by Gasteiger charge is 2.07. The molecule has 0 saturated carbocycles. The predicted octanol–water partition coefficient (Wildman–Crippen LogP) is -0.0898. The number of amides is 1. The number of azide groups is 1. The highest BCUT2D eigenvalue weighted by atomic mass is 32.1. The van der Waals surface area contributed by atoms with Crippen LogP contribution in [-0.4, -0.2) is 30.5 Å². The van der Waals surface area contributed by atoms with Crippen LogP contribution in [0.4, 0.5) is 0 Å². The van der Waals surface area contributed by atoms with Crippen molar-refractivity contribution in [2.24, 2.45) is 5.11 Å². The first-order valence-corrected chi connectivity index (χ1v) is 3.74. The normalized spacial score (nSPS) is 11.1. The minimum atomic E-state index is -0.616. The molecule has 0 fully saturated rings. The smallest absolute Gasteiger partial charge is 0.226 e. The number of hydrogen-bond donors (Lipinski definition) is 2. The van der Waals surface area contributed by atoms with Crippen LogP contribution in [0.15, 0.2) is 5.11 Å². The molecule has 0 saturated heterocycles. The van der Waals surface area contributed by atoms with Crippen LogP contribution in [0.25, 0.3) is 10.4 Å². The molecule has 0 radical (unpaired) electrons. The second-order valence-corrected chi connectivity index (χ2v) is 2.25. The number of nitrogens with zero attached hydrogens (tertiary/aromatic N) is 3. The third kappa shape index (κ3) is 4.59. The summed E-state index contributed by atoms with van der Waals surface area (Å²) in [6.07, 6.45) is 0.570. The molecule has 1 amide bonds. The third-order valence-corrected chi connectivity index (χ3v) is 1.38. The van der Waals surface area contributed by atoms with Gasteiger partial charge in [0.1, 0.15) is 12.8 Å². The number of carbonyl (C=O) groups is 2. The molecule has 0 aliphatic carbocycles. The van der Waals surface area contributed by atoms with Gasteiger partial charge in [0.25, 0.3) is 0 Å². The van der Waals surface area contributed by atoms with Crippen LogP contribution in [-0.2, 0) is 9.59 Å². The van der Waals surface area contributed by atoms with Gasteiger partial charge in [0, 0.05) is 10.7 Å². The summed E-state index contributed by atoms with van der Waals surface area (Å²) in [5.74, 6) is -0.259. The van der Waals surface area contributed by atoms with Crippen molar-refractivity contribution in [1.29, 1.82) is 0 Å². The van der Waals surface area contributed by atoms with Gasteiger partial charge in [-0.15, -0.1) is 0 Å². The largest absolute Gasteiger partial charge is 0.346 e. The zero-order valence-electron chi connectivity index (χ0n) is 6.17. The van der Waals surface area contributed by atoms with Crippen molar-refractivity contribution >= 4 is 24.8 Å². The molecule has 7 heteroatoms. The fourth-order valence-corrected chi connectivity index (χ4v) is 0.648. The topological polar surface area (TPSA) is 94.9 Å². The molecule has 0 aliphatic rings. The Hall–Kier alpha value is -1.20. The molecule has 0 aromatic carbocycles. The third-order valence-electron chi connectivity index (χ3n) is 0.985. The van der Waals surface area contributed by atoms with Gasteiger partial charge in [-0.25, -0.2) is 0 Å². The molecule has 1 N–H and O–H groups in total. The lowest BCUT2D eigenvalue weighted by molar-refractivity contribution is -0.122. The molecule has 1 unspecified atom stereocenters. The summed E-state index contributed by atoms with van der Waals surface area (Å²) in [5, 5.41) is 5.32. The van der Waals surface area contributed by atoms with E-state index in [0.29, 0.717) is 6.29 Å². The molecule has 0 aliphatic heterocycles. The molecule has 0 rings (SSSR count). The summed E-state index contributed by atoms with van der Waals surface area (Å²) in [5.41, 5.74) is 7.86. The number of aldehydes is 1.